The Hall–Kier alpha value is -2.73. The smallest absolute Gasteiger partial charge is 0.196 e. The molecule has 0 unspecified atom stereocenters. The summed E-state index contributed by atoms with van der Waals surface area (Å²) >= 11 is 3.10. The zero-order valence-electron chi connectivity index (χ0n) is 18.5. The predicted molar refractivity (Wildman–Crippen MR) is 127 cm³/mol. The van der Waals surface area contributed by atoms with Gasteiger partial charge in [0, 0.05) is 12.1 Å². The molecule has 2 N–H and O–H groups in total. The lowest BCUT2D eigenvalue weighted by atomic mass is 9.98. The summed E-state index contributed by atoms with van der Waals surface area (Å²) in [5.41, 5.74) is 1.46. The van der Waals surface area contributed by atoms with Crippen molar-refractivity contribution in [2.24, 2.45) is 5.92 Å². The normalized spacial score (nSPS) is 11.1. The summed E-state index contributed by atoms with van der Waals surface area (Å²) in [5.74, 6) is 0.261. The lowest BCUT2D eigenvalue weighted by Gasteiger charge is -2.09. The predicted octanol–water partition coefficient (Wildman–Crippen LogP) is 4.07. The molecule has 0 radical (unpaired) electrons. The van der Waals surface area contributed by atoms with Crippen LogP contribution in [0.15, 0.2) is 46.9 Å². The third-order valence-corrected chi connectivity index (χ3v) is 4.62. The second-order valence-electron chi connectivity index (χ2n) is 6.76. The molecular formula is C24H29BrFN3O3. The molecule has 32 heavy (non-hydrogen) atoms. The van der Waals surface area contributed by atoms with Crippen LogP contribution >= 0.6 is 15.9 Å². The Morgan fingerprint density at radius 1 is 1.09 bits per heavy atom. The molecule has 0 amide bonds. The largest absolute Gasteiger partial charge is 0.316 e. The number of hydrogen-bond donors (Lipinski definition) is 2. The van der Waals surface area contributed by atoms with Gasteiger partial charge in [0.05, 0.1) is 22.7 Å². The maximum absolute atomic E-state index is 14.0. The molecule has 2 aromatic carbocycles. The maximum atomic E-state index is 14.0. The molecule has 0 saturated heterocycles. The van der Waals surface area contributed by atoms with Crippen LogP contribution in [0.2, 0.25) is 0 Å². The quantitative estimate of drug-likeness (QED) is 0.265. The number of benzene rings is 2. The van der Waals surface area contributed by atoms with Gasteiger partial charge in [-0.1, -0.05) is 50.1 Å². The molecule has 172 valence electrons. The zero-order chi connectivity index (χ0) is 24.4. The highest BCUT2D eigenvalue weighted by atomic mass is 79.9. The Morgan fingerprint density at radius 3 is 2.09 bits per heavy atom. The van der Waals surface area contributed by atoms with Gasteiger partial charge in [-0.05, 0) is 53.6 Å². The van der Waals surface area contributed by atoms with Crippen LogP contribution < -0.4 is 10.6 Å². The first kappa shape index (κ1) is 29.3. The monoisotopic (exact) mass is 505 g/mol. The summed E-state index contributed by atoms with van der Waals surface area (Å²) in [6.07, 6.45) is 3.36. The van der Waals surface area contributed by atoms with Crippen LogP contribution in [0, 0.1) is 23.1 Å². The van der Waals surface area contributed by atoms with Crippen molar-refractivity contribution in [3.63, 3.8) is 0 Å². The summed E-state index contributed by atoms with van der Waals surface area (Å²) in [7, 11) is 3.55. The Morgan fingerprint density at radius 2 is 1.66 bits per heavy atom. The minimum Gasteiger partial charge on any atom is -0.316 e. The van der Waals surface area contributed by atoms with Crippen molar-refractivity contribution in [3.8, 4) is 6.07 Å². The van der Waals surface area contributed by atoms with Gasteiger partial charge in [-0.15, -0.1) is 0 Å². The highest BCUT2D eigenvalue weighted by Gasteiger charge is 2.18. The van der Waals surface area contributed by atoms with Gasteiger partial charge in [-0.25, -0.2) is 4.39 Å². The highest BCUT2D eigenvalue weighted by Crippen LogP contribution is 2.26. The van der Waals surface area contributed by atoms with Gasteiger partial charge in [-0.2, -0.15) is 5.26 Å². The maximum Gasteiger partial charge on any atom is 0.196 e. The zero-order valence-corrected chi connectivity index (χ0v) is 20.1. The lowest BCUT2D eigenvalue weighted by Crippen LogP contribution is -2.12. The molecule has 1 aliphatic carbocycles. The third-order valence-electron chi connectivity index (χ3n) is 4.00. The number of ketones is 1. The fraction of sp³-hybridized carbons (Fsp3) is 0.333. The van der Waals surface area contributed by atoms with E-state index in [1.807, 2.05) is 18.2 Å². The van der Waals surface area contributed by atoms with Crippen molar-refractivity contribution in [1.29, 1.82) is 5.26 Å². The van der Waals surface area contributed by atoms with E-state index in [4.69, 9.17) is 14.9 Å². The minimum atomic E-state index is -0.522. The first-order valence-electron chi connectivity index (χ1n) is 9.99. The summed E-state index contributed by atoms with van der Waals surface area (Å²) in [5, 5.41) is 13.4. The van der Waals surface area contributed by atoms with Crippen molar-refractivity contribution >= 4 is 34.3 Å². The summed E-state index contributed by atoms with van der Waals surface area (Å²) < 4.78 is 14.3. The van der Waals surface area contributed by atoms with E-state index in [0.717, 1.165) is 11.5 Å². The van der Waals surface area contributed by atoms with E-state index in [9.17, 15) is 9.18 Å². The Balaban J connectivity index is 0.000000600. The SMILES string of the molecule is CC1CC1.CNCC#N.CNCc1ccccc1C(=O)c1cccc(Br)c1F.O=CC=O. The van der Waals surface area contributed by atoms with Gasteiger partial charge in [-0.3, -0.25) is 14.4 Å². The molecule has 0 aromatic heterocycles. The molecule has 0 atom stereocenters. The number of halogens is 2. The standard InChI is InChI=1S/C15H13BrFNO.C4H8.C3H6N2.C2H2O2/c1-18-9-10-5-2-3-6-11(10)15(19)12-7-4-8-13(16)14(12)17;1-4-2-3-4;1-5-3-2-4;3-1-2-4/h2-8,18H,9H2,1H3;4H,2-3H2,1H3;5H,3H2,1H3;1-2H. The molecule has 1 aliphatic rings. The van der Waals surface area contributed by atoms with Crippen LogP contribution in [0.1, 0.15) is 41.3 Å². The van der Waals surface area contributed by atoms with E-state index >= 15 is 0 Å². The van der Waals surface area contributed by atoms with Gasteiger partial charge >= 0.3 is 0 Å². The summed E-state index contributed by atoms with van der Waals surface area (Å²) in [6.45, 7) is 3.29. The highest BCUT2D eigenvalue weighted by molar-refractivity contribution is 9.10. The van der Waals surface area contributed by atoms with Gasteiger partial charge in [0.1, 0.15) is 5.82 Å². The van der Waals surface area contributed by atoms with Crippen LogP contribution in [-0.4, -0.2) is 39.0 Å². The molecular weight excluding hydrogens is 477 g/mol. The van der Waals surface area contributed by atoms with E-state index in [0.29, 0.717) is 23.1 Å². The van der Waals surface area contributed by atoms with Crippen LogP contribution in [-0.2, 0) is 16.1 Å². The van der Waals surface area contributed by atoms with Crippen molar-refractivity contribution in [2.45, 2.75) is 26.3 Å². The fourth-order valence-electron chi connectivity index (χ4n) is 2.16. The molecule has 0 aliphatic heterocycles. The number of carbonyl (C=O) groups excluding carboxylic acids is 3. The van der Waals surface area contributed by atoms with E-state index in [1.54, 1.807) is 38.4 Å². The second-order valence-corrected chi connectivity index (χ2v) is 7.62. The van der Waals surface area contributed by atoms with Crippen molar-refractivity contribution in [2.75, 3.05) is 20.6 Å². The van der Waals surface area contributed by atoms with Crippen LogP contribution in [0.3, 0.4) is 0 Å². The number of nitrogens with one attached hydrogen (secondary N) is 2. The molecule has 1 saturated carbocycles. The second kappa shape index (κ2) is 17.9. The topological polar surface area (TPSA) is 99.1 Å². The molecule has 0 bridgehead atoms. The van der Waals surface area contributed by atoms with Gasteiger partial charge in [0.2, 0.25) is 0 Å². The molecule has 2 aromatic rings. The van der Waals surface area contributed by atoms with Crippen LogP contribution in [0.25, 0.3) is 0 Å². The van der Waals surface area contributed by atoms with Gasteiger partial charge < -0.3 is 10.6 Å². The van der Waals surface area contributed by atoms with E-state index in [-0.39, 0.29) is 23.9 Å². The first-order valence-corrected chi connectivity index (χ1v) is 10.8. The lowest BCUT2D eigenvalue weighted by molar-refractivity contribution is -0.122. The molecule has 8 heteroatoms. The van der Waals surface area contributed by atoms with Crippen LogP contribution in [0.4, 0.5) is 4.39 Å². The van der Waals surface area contributed by atoms with Gasteiger partial charge in [0.25, 0.3) is 0 Å². The molecule has 0 heterocycles. The van der Waals surface area contributed by atoms with E-state index < -0.39 is 5.82 Å². The van der Waals surface area contributed by atoms with E-state index in [1.165, 1.54) is 18.9 Å². The third kappa shape index (κ3) is 12.2. The Kier molecular flexibility index (Phi) is 16.4. The fourth-order valence-corrected chi connectivity index (χ4v) is 2.52. The number of nitrogens with zero attached hydrogens (tertiary/aromatic N) is 1. The Bertz CT molecular complexity index is 890. The van der Waals surface area contributed by atoms with Crippen molar-refractivity contribution in [1.82, 2.24) is 10.6 Å². The van der Waals surface area contributed by atoms with Crippen molar-refractivity contribution < 1.29 is 18.8 Å². The average molecular weight is 506 g/mol. The average Bonchev–Trinajstić information content (AvgIpc) is 3.59. The van der Waals surface area contributed by atoms with E-state index in [2.05, 4.69) is 33.5 Å². The number of nitriles is 1. The summed E-state index contributed by atoms with van der Waals surface area (Å²) in [4.78, 5) is 30.0. The van der Waals surface area contributed by atoms with Crippen LogP contribution in [0.5, 0.6) is 0 Å². The number of rotatable bonds is 6. The molecule has 6 nitrogen and oxygen atoms in total. The van der Waals surface area contributed by atoms with Gasteiger partial charge in [0.15, 0.2) is 18.4 Å². The molecule has 1 fully saturated rings. The number of hydrogen-bond acceptors (Lipinski definition) is 6. The molecule has 3 rings (SSSR count). The summed E-state index contributed by atoms with van der Waals surface area (Å²) in [6, 6.07) is 13.9. The first-order chi connectivity index (χ1) is 15.4. The minimum absolute atomic E-state index is 0.0814. The molecule has 0 spiro atoms. The number of aldehydes is 2. The number of carbonyl (C=O) groups is 3. The van der Waals surface area contributed by atoms with Crippen molar-refractivity contribution in [3.05, 3.63) is 69.4 Å². The Labute approximate surface area is 197 Å².